The first-order chi connectivity index (χ1) is 14.8. The van der Waals surface area contributed by atoms with E-state index < -0.39 is 26.4 Å². The molecule has 31 heavy (non-hydrogen) atoms. The highest BCUT2D eigenvalue weighted by Crippen LogP contribution is 2.21. The van der Waals surface area contributed by atoms with Crippen LogP contribution >= 0.6 is 0 Å². The third-order valence-corrected chi connectivity index (χ3v) is 6.34. The largest absolute Gasteiger partial charge is 0.379 e. The summed E-state index contributed by atoms with van der Waals surface area (Å²) in [6, 6.07) is 9.61. The molecule has 164 valence electrons. The van der Waals surface area contributed by atoms with Gasteiger partial charge in [-0.3, -0.25) is 9.69 Å². The molecule has 1 aliphatic rings. The molecule has 1 aliphatic heterocycles. The predicted octanol–water partition coefficient (Wildman–Crippen LogP) is 2.64. The summed E-state index contributed by atoms with van der Waals surface area (Å²) in [5.41, 5.74) is 2.19. The van der Waals surface area contributed by atoms with Crippen LogP contribution in [0.15, 0.2) is 47.4 Å². The van der Waals surface area contributed by atoms with Crippen LogP contribution < -0.4 is 5.32 Å². The zero-order valence-corrected chi connectivity index (χ0v) is 17.2. The number of aromatic amines is 1. The molecule has 2 aromatic carbocycles. The summed E-state index contributed by atoms with van der Waals surface area (Å²) in [6.45, 7) is 3.76. The van der Waals surface area contributed by atoms with Gasteiger partial charge in [-0.05, 0) is 42.5 Å². The highest BCUT2D eigenvalue weighted by Gasteiger charge is 2.26. The molecule has 0 unspecified atom stereocenters. The van der Waals surface area contributed by atoms with Crippen LogP contribution in [0.3, 0.4) is 0 Å². The number of imidazole rings is 1. The number of benzene rings is 2. The van der Waals surface area contributed by atoms with Crippen molar-refractivity contribution in [3.05, 3.63) is 53.9 Å². The van der Waals surface area contributed by atoms with Gasteiger partial charge in [0.05, 0.1) is 35.7 Å². The molecule has 11 heteroatoms. The van der Waals surface area contributed by atoms with E-state index in [2.05, 4.69) is 20.2 Å². The van der Waals surface area contributed by atoms with E-state index in [4.69, 9.17) is 4.74 Å². The molecule has 1 amide bonds. The third-order valence-electron chi connectivity index (χ3n) is 4.95. The maximum absolute atomic E-state index is 12.6. The molecule has 1 aromatic heterocycles. The zero-order valence-electron chi connectivity index (χ0n) is 16.3. The molecule has 2 heterocycles. The Balaban J connectivity index is 1.46. The SMILES string of the molecule is O=C(Nc1ccc2nc(CN3CCOCC3)[nH]c2c1)c1ccc(S(=O)(=O)C(F)F)cc1. The summed E-state index contributed by atoms with van der Waals surface area (Å²) in [7, 11) is -4.70. The number of anilines is 1. The minimum Gasteiger partial charge on any atom is -0.379 e. The molecule has 0 bridgehead atoms. The van der Waals surface area contributed by atoms with Gasteiger partial charge in [0.15, 0.2) is 0 Å². The van der Waals surface area contributed by atoms with E-state index in [1.165, 1.54) is 12.1 Å². The van der Waals surface area contributed by atoms with E-state index >= 15 is 0 Å². The first-order valence-corrected chi connectivity index (χ1v) is 11.1. The van der Waals surface area contributed by atoms with Crippen molar-refractivity contribution in [2.24, 2.45) is 0 Å². The molecule has 0 atom stereocenters. The summed E-state index contributed by atoms with van der Waals surface area (Å²) >= 11 is 0. The van der Waals surface area contributed by atoms with Crippen LogP contribution in [0.2, 0.25) is 0 Å². The number of aromatic nitrogens is 2. The fourth-order valence-electron chi connectivity index (χ4n) is 3.29. The molecule has 4 rings (SSSR count). The van der Waals surface area contributed by atoms with E-state index in [0.29, 0.717) is 25.4 Å². The second kappa shape index (κ2) is 8.69. The van der Waals surface area contributed by atoms with Gasteiger partial charge in [0.2, 0.25) is 9.84 Å². The van der Waals surface area contributed by atoms with Crippen molar-refractivity contribution in [1.82, 2.24) is 14.9 Å². The highest BCUT2D eigenvalue weighted by atomic mass is 32.2. The predicted molar refractivity (Wildman–Crippen MR) is 110 cm³/mol. The van der Waals surface area contributed by atoms with Crippen LogP contribution in [0.1, 0.15) is 16.2 Å². The summed E-state index contributed by atoms with van der Waals surface area (Å²) in [5, 5.41) is 2.71. The maximum atomic E-state index is 12.6. The molecular formula is C20H20F2N4O4S. The number of H-pyrrole nitrogens is 1. The van der Waals surface area contributed by atoms with Crippen LogP contribution in [0.25, 0.3) is 11.0 Å². The molecule has 1 saturated heterocycles. The molecule has 0 aliphatic carbocycles. The van der Waals surface area contributed by atoms with E-state index in [0.717, 1.165) is 42.1 Å². The van der Waals surface area contributed by atoms with Gasteiger partial charge in [-0.25, -0.2) is 13.4 Å². The number of carbonyl (C=O) groups is 1. The Morgan fingerprint density at radius 3 is 2.55 bits per heavy atom. The van der Waals surface area contributed by atoms with Gasteiger partial charge in [0.1, 0.15) is 5.82 Å². The lowest BCUT2D eigenvalue weighted by molar-refractivity contribution is 0.0332. The number of hydrogen-bond acceptors (Lipinski definition) is 6. The van der Waals surface area contributed by atoms with Crippen molar-refractivity contribution in [2.75, 3.05) is 31.6 Å². The quantitative estimate of drug-likeness (QED) is 0.598. The Morgan fingerprint density at radius 1 is 1.16 bits per heavy atom. The van der Waals surface area contributed by atoms with E-state index in [-0.39, 0.29) is 5.56 Å². The second-order valence-corrected chi connectivity index (χ2v) is 9.01. The highest BCUT2D eigenvalue weighted by molar-refractivity contribution is 7.91. The van der Waals surface area contributed by atoms with Crippen molar-refractivity contribution >= 4 is 32.5 Å². The van der Waals surface area contributed by atoms with Crippen LogP contribution in [0.4, 0.5) is 14.5 Å². The van der Waals surface area contributed by atoms with Crippen molar-refractivity contribution < 1.29 is 26.7 Å². The first kappa shape index (κ1) is 21.3. The summed E-state index contributed by atoms with van der Waals surface area (Å²) in [6.07, 6.45) is 0. The monoisotopic (exact) mass is 450 g/mol. The molecule has 0 radical (unpaired) electrons. The normalized spacial score (nSPS) is 15.5. The molecule has 2 N–H and O–H groups in total. The van der Waals surface area contributed by atoms with E-state index in [9.17, 15) is 22.0 Å². The van der Waals surface area contributed by atoms with Crippen molar-refractivity contribution in [1.29, 1.82) is 0 Å². The first-order valence-electron chi connectivity index (χ1n) is 9.55. The average molecular weight is 450 g/mol. The van der Waals surface area contributed by atoms with Crippen molar-refractivity contribution in [2.45, 2.75) is 17.2 Å². The van der Waals surface area contributed by atoms with E-state index in [1.807, 2.05) is 0 Å². The molecule has 1 fully saturated rings. The summed E-state index contributed by atoms with van der Waals surface area (Å²) in [4.78, 5) is 22.0. The number of nitrogens with zero attached hydrogens (tertiary/aromatic N) is 2. The second-order valence-electron chi connectivity index (χ2n) is 7.09. The van der Waals surface area contributed by atoms with E-state index in [1.54, 1.807) is 18.2 Å². The number of nitrogens with one attached hydrogen (secondary N) is 2. The number of carbonyl (C=O) groups excluding carboxylic acids is 1. The number of hydrogen-bond donors (Lipinski definition) is 2. The molecule has 3 aromatic rings. The molecule has 0 spiro atoms. The Hall–Kier alpha value is -2.89. The van der Waals surface area contributed by atoms with Gasteiger partial charge in [0, 0.05) is 24.3 Å². The standard InChI is InChI=1S/C20H20F2N4O4S/c21-20(22)31(28,29)15-4-1-13(2-5-15)19(27)23-14-3-6-16-17(11-14)25-18(24-16)12-26-7-9-30-10-8-26/h1-6,11,20H,7-10,12H2,(H,23,27)(H,24,25). The molecular weight excluding hydrogens is 430 g/mol. The van der Waals surface area contributed by atoms with Crippen molar-refractivity contribution in [3.8, 4) is 0 Å². The van der Waals surface area contributed by atoms with Gasteiger partial charge in [0.25, 0.3) is 5.91 Å². The lowest BCUT2D eigenvalue weighted by Gasteiger charge is -2.25. The fourth-order valence-corrected chi connectivity index (χ4v) is 4.01. The number of sulfone groups is 1. The zero-order chi connectivity index (χ0) is 22.0. The number of halogens is 2. The lowest BCUT2D eigenvalue weighted by atomic mass is 10.2. The minimum absolute atomic E-state index is 0.144. The van der Waals surface area contributed by atoms with Crippen molar-refractivity contribution in [3.63, 3.8) is 0 Å². The Kier molecular flexibility index (Phi) is 5.99. The number of ether oxygens (including phenoxy) is 1. The third kappa shape index (κ3) is 4.73. The maximum Gasteiger partial charge on any atom is 0.341 e. The Morgan fingerprint density at radius 2 is 1.87 bits per heavy atom. The topological polar surface area (TPSA) is 104 Å². The van der Waals surface area contributed by atoms with Gasteiger partial charge in [-0.15, -0.1) is 0 Å². The minimum atomic E-state index is -4.70. The van der Waals surface area contributed by atoms with Crippen LogP contribution in [0, 0.1) is 0 Å². The van der Waals surface area contributed by atoms with Gasteiger partial charge >= 0.3 is 5.76 Å². The number of amides is 1. The number of rotatable bonds is 6. The van der Waals surface area contributed by atoms with Gasteiger partial charge in [-0.2, -0.15) is 8.78 Å². The Bertz CT molecular complexity index is 1190. The number of morpholine rings is 1. The van der Waals surface area contributed by atoms with Crippen LogP contribution in [0.5, 0.6) is 0 Å². The fraction of sp³-hybridized carbons (Fsp3) is 0.300. The average Bonchev–Trinajstić information content (AvgIpc) is 3.16. The summed E-state index contributed by atoms with van der Waals surface area (Å²) in [5.74, 6) is -3.19. The van der Waals surface area contributed by atoms with Crippen LogP contribution in [-0.2, 0) is 21.1 Å². The lowest BCUT2D eigenvalue weighted by Crippen LogP contribution is -2.35. The molecule has 0 saturated carbocycles. The number of alkyl halides is 2. The summed E-state index contributed by atoms with van der Waals surface area (Å²) < 4.78 is 53.6. The van der Waals surface area contributed by atoms with Gasteiger partial charge < -0.3 is 15.0 Å². The van der Waals surface area contributed by atoms with Crippen LogP contribution in [-0.4, -0.2) is 61.3 Å². The van der Waals surface area contributed by atoms with Gasteiger partial charge in [-0.1, -0.05) is 0 Å². The Labute approximate surface area is 177 Å². The number of fused-ring (bicyclic) bond motifs is 1. The molecule has 8 nitrogen and oxygen atoms in total. The smallest absolute Gasteiger partial charge is 0.341 e.